The number of nitrogens with zero attached hydrogens (tertiary/aromatic N) is 4. The van der Waals surface area contributed by atoms with E-state index in [9.17, 15) is 9.59 Å². The summed E-state index contributed by atoms with van der Waals surface area (Å²) in [7, 11) is 3.54. The SMILES string of the molecule is COCCN1CC2(CCC1=O)CCN(C(=O)c1c(C)nn(C)c1C)CC2. The minimum absolute atomic E-state index is 0.0890. The van der Waals surface area contributed by atoms with E-state index in [-0.39, 0.29) is 17.2 Å². The van der Waals surface area contributed by atoms with Crippen molar-refractivity contribution in [3.8, 4) is 0 Å². The van der Waals surface area contributed by atoms with Crippen molar-refractivity contribution in [1.29, 1.82) is 0 Å². The molecule has 1 spiro atoms. The van der Waals surface area contributed by atoms with Gasteiger partial charge in [0.15, 0.2) is 0 Å². The van der Waals surface area contributed by atoms with Crippen LogP contribution in [0.15, 0.2) is 0 Å². The lowest BCUT2D eigenvalue weighted by Crippen LogP contribution is -2.53. The number of aryl methyl sites for hydroxylation is 2. The third-order valence-corrected chi connectivity index (χ3v) is 6.15. The van der Waals surface area contributed by atoms with Gasteiger partial charge in [-0.05, 0) is 38.5 Å². The van der Waals surface area contributed by atoms with Crippen molar-refractivity contribution >= 4 is 11.8 Å². The molecule has 0 N–H and O–H groups in total. The zero-order valence-corrected chi connectivity index (χ0v) is 16.4. The van der Waals surface area contributed by atoms with Gasteiger partial charge in [0.1, 0.15) is 0 Å². The molecule has 0 bridgehead atoms. The van der Waals surface area contributed by atoms with Gasteiger partial charge in [-0.15, -0.1) is 0 Å². The minimum Gasteiger partial charge on any atom is -0.383 e. The third kappa shape index (κ3) is 3.49. The summed E-state index contributed by atoms with van der Waals surface area (Å²) in [4.78, 5) is 29.0. The Hall–Kier alpha value is -1.89. The van der Waals surface area contributed by atoms with Crippen LogP contribution in [0.1, 0.15) is 47.4 Å². The molecule has 0 atom stereocenters. The molecule has 2 amide bonds. The first-order valence-corrected chi connectivity index (χ1v) is 9.43. The standard InChI is InChI=1S/C19H30N4O3/c1-14-17(15(2)21(3)20-14)18(25)22-9-7-19(8-10-22)6-5-16(24)23(13-19)11-12-26-4/h5-13H2,1-4H3. The highest BCUT2D eigenvalue weighted by atomic mass is 16.5. The molecule has 144 valence electrons. The summed E-state index contributed by atoms with van der Waals surface area (Å²) in [6.45, 7) is 7.37. The van der Waals surface area contributed by atoms with Crippen LogP contribution in [0.3, 0.4) is 0 Å². The number of aromatic nitrogens is 2. The molecule has 1 aromatic rings. The van der Waals surface area contributed by atoms with Crippen molar-refractivity contribution in [2.24, 2.45) is 12.5 Å². The van der Waals surface area contributed by atoms with Gasteiger partial charge in [-0.2, -0.15) is 5.10 Å². The molecule has 26 heavy (non-hydrogen) atoms. The fraction of sp³-hybridized carbons (Fsp3) is 0.737. The average molecular weight is 362 g/mol. The van der Waals surface area contributed by atoms with Gasteiger partial charge in [0.25, 0.3) is 5.91 Å². The number of carbonyl (C=O) groups is 2. The summed E-state index contributed by atoms with van der Waals surface area (Å²) in [5.74, 6) is 0.318. The van der Waals surface area contributed by atoms with Crippen LogP contribution in [0.5, 0.6) is 0 Å². The highest BCUT2D eigenvalue weighted by Gasteiger charge is 2.42. The normalized spacial score (nSPS) is 20.1. The fourth-order valence-corrected chi connectivity index (χ4v) is 4.34. The van der Waals surface area contributed by atoms with E-state index in [0.717, 1.165) is 55.8 Å². The first-order valence-electron chi connectivity index (χ1n) is 9.43. The Balaban J connectivity index is 1.65. The van der Waals surface area contributed by atoms with Crippen molar-refractivity contribution in [3.63, 3.8) is 0 Å². The molecule has 2 fully saturated rings. The van der Waals surface area contributed by atoms with Crippen LogP contribution in [-0.2, 0) is 16.6 Å². The summed E-state index contributed by atoms with van der Waals surface area (Å²) in [6.07, 6.45) is 3.45. The lowest BCUT2D eigenvalue weighted by molar-refractivity contribution is -0.139. The number of carbonyl (C=O) groups excluding carboxylic acids is 2. The topological polar surface area (TPSA) is 67.7 Å². The van der Waals surface area contributed by atoms with Crippen molar-refractivity contribution in [2.75, 3.05) is 39.9 Å². The lowest BCUT2D eigenvalue weighted by atomic mass is 9.72. The Morgan fingerprint density at radius 2 is 1.92 bits per heavy atom. The second-order valence-corrected chi connectivity index (χ2v) is 7.77. The van der Waals surface area contributed by atoms with Crippen molar-refractivity contribution in [2.45, 2.75) is 39.5 Å². The molecule has 3 heterocycles. The molecule has 0 aromatic carbocycles. The summed E-state index contributed by atoms with van der Waals surface area (Å²) >= 11 is 0. The smallest absolute Gasteiger partial charge is 0.257 e. The zero-order chi connectivity index (χ0) is 18.9. The zero-order valence-electron chi connectivity index (χ0n) is 16.4. The van der Waals surface area contributed by atoms with Gasteiger partial charge in [0.05, 0.1) is 17.9 Å². The molecule has 3 rings (SSSR count). The maximum absolute atomic E-state index is 13.0. The highest BCUT2D eigenvalue weighted by Crippen LogP contribution is 2.40. The second-order valence-electron chi connectivity index (χ2n) is 7.77. The van der Waals surface area contributed by atoms with E-state index in [1.165, 1.54) is 0 Å². The van der Waals surface area contributed by atoms with E-state index < -0.39 is 0 Å². The lowest BCUT2D eigenvalue weighted by Gasteiger charge is -2.47. The van der Waals surface area contributed by atoms with E-state index >= 15 is 0 Å². The number of hydrogen-bond donors (Lipinski definition) is 0. The van der Waals surface area contributed by atoms with Crippen LogP contribution in [0.4, 0.5) is 0 Å². The van der Waals surface area contributed by atoms with E-state index in [4.69, 9.17) is 4.74 Å². The number of rotatable bonds is 4. The van der Waals surface area contributed by atoms with Crippen molar-refractivity contribution in [3.05, 3.63) is 17.0 Å². The quantitative estimate of drug-likeness (QED) is 0.815. The number of piperidine rings is 2. The van der Waals surface area contributed by atoms with E-state index in [1.54, 1.807) is 11.8 Å². The van der Waals surface area contributed by atoms with Gasteiger partial charge in [-0.1, -0.05) is 0 Å². The Morgan fingerprint density at radius 1 is 1.23 bits per heavy atom. The Labute approximate surface area is 155 Å². The number of methoxy groups -OCH3 is 1. The maximum atomic E-state index is 13.0. The third-order valence-electron chi connectivity index (χ3n) is 6.15. The molecule has 2 aliphatic rings. The van der Waals surface area contributed by atoms with Gasteiger partial charge in [0, 0.05) is 52.5 Å². The summed E-state index contributed by atoms with van der Waals surface area (Å²) in [5, 5.41) is 4.37. The number of amides is 2. The van der Waals surface area contributed by atoms with E-state index in [0.29, 0.717) is 19.6 Å². The van der Waals surface area contributed by atoms with Crippen molar-refractivity contribution in [1.82, 2.24) is 19.6 Å². The summed E-state index contributed by atoms with van der Waals surface area (Å²) < 4.78 is 6.91. The Bertz CT molecular complexity index is 689. The molecule has 7 nitrogen and oxygen atoms in total. The molecule has 0 aliphatic carbocycles. The number of ether oxygens (including phenoxy) is 1. The van der Waals surface area contributed by atoms with Crippen LogP contribution in [0.2, 0.25) is 0 Å². The van der Waals surface area contributed by atoms with Gasteiger partial charge in [-0.3, -0.25) is 14.3 Å². The maximum Gasteiger partial charge on any atom is 0.257 e. The van der Waals surface area contributed by atoms with E-state index in [1.807, 2.05) is 30.7 Å². The summed E-state index contributed by atoms with van der Waals surface area (Å²) in [5.41, 5.74) is 2.60. The molecule has 0 unspecified atom stereocenters. The molecule has 2 aliphatic heterocycles. The molecular weight excluding hydrogens is 332 g/mol. The van der Waals surface area contributed by atoms with Gasteiger partial charge in [-0.25, -0.2) is 0 Å². The monoisotopic (exact) mass is 362 g/mol. The van der Waals surface area contributed by atoms with Gasteiger partial charge in [0.2, 0.25) is 5.91 Å². The van der Waals surface area contributed by atoms with Gasteiger partial charge < -0.3 is 14.5 Å². The predicted molar refractivity (Wildman–Crippen MR) is 97.9 cm³/mol. The largest absolute Gasteiger partial charge is 0.383 e. The Morgan fingerprint density at radius 3 is 2.50 bits per heavy atom. The van der Waals surface area contributed by atoms with Crippen LogP contribution in [-0.4, -0.2) is 71.3 Å². The first kappa shape index (κ1) is 18.9. The molecule has 0 saturated carbocycles. The number of hydrogen-bond acceptors (Lipinski definition) is 4. The first-order chi connectivity index (χ1) is 12.4. The van der Waals surface area contributed by atoms with Gasteiger partial charge >= 0.3 is 0 Å². The molecule has 2 saturated heterocycles. The van der Waals surface area contributed by atoms with Crippen LogP contribution in [0, 0.1) is 19.3 Å². The van der Waals surface area contributed by atoms with Crippen LogP contribution in [0.25, 0.3) is 0 Å². The molecule has 1 aromatic heterocycles. The fourth-order valence-electron chi connectivity index (χ4n) is 4.34. The number of likely N-dealkylation sites (tertiary alicyclic amines) is 2. The minimum atomic E-state index is 0.0890. The van der Waals surface area contributed by atoms with E-state index in [2.05, 4.69) is 5.10 Å². The molecule has 0 radical (unpaired) electrons. The second kappa shape index (κ2) is 7.39. The highest BCUT2D eigenvalue weighted by molar-refractivity contribution is 5.96. The molecule has 7 heteroatoms. The van der Waals surface area contributed by atoms with Crippen LogP contribution >= 0.6 is 0 Å². The average Bonchev–Trinajstić information content (AvgIpc) is 2.88. The predicted octanol–water partition coefficient (Wildman–Crippen LogP) is 1.53. The van der Waals surface area contributed by atoms with Crippen LogP contribution < -0.4 is 0 Å². The molecular formula is C19H30N4O3. The summed E-state index contributed by atoms with van der Waals surface area (Å²) in [6, 6.07) is 0. The Kier molecular flexibility index (Phi) is 5.37. The van der Waals surface area contributed by atoms with Crippen molar-refractivity contribution < 1.29 is 14.3 Å².